The van der Waals surface area contributed by atoms with Crippen LogP contribution in [0.2, 0.25) is 5.02 Å². The lowest BCUT2D eigenvalue weighted by Gasteiger charge is -2.31. The second-order valence-electron chi connectivity index (χ2n) is 5.05. The molecule has 1 aromatic carbocycles. The number of hydrogen-bond acceptors (Lipinski definition) is 2. The van der Waals surface area contributed by atoms with Gasteiger partial charge in [0.15, 0.2) is 0 Å². The molecule has 1 aliphatic rings. The Morgan fingerprint density at radius 3 is 2.56 bits per heavy atom. The highest BCUT2D eigenvalue weighted by Gasteiger charge is 2.25. The van der Waals surface area contributed by atoms with Crippen molar-refractivity contribution >= 4 is 11.6 Å². The van der Waals surface area contributed by atoms with E-state index < -0.39 is 0 Å². The summed E-state index contributed by atoms with van der Waals surface area (Å²) in [5.41, 5.74) is 1.20. The van der Waals surface area contributed by atoms with Crippen molar-refractivity contribution in [1.29, 1.82) is 0 Å². The van der Waals surface area contributed by atoms with Gasteiger partial charge in [0.05, 0.1) is 7.11 Å². The Kier molecular flexibility index (Phi) is 4.90. The zero-order chi connectivity index (χ0) is 13.0. The van der Waals surface area contributed by atoms with E-state index in [1.54, 1.807) is 7.11 Å². The molecule has 1 fully saturated rings. The van der Waals surface area contributed by atoms with Crippen LogP contribution in [0.4, 0.5) is 0 Å². The predicted molar refractivity (Wildman–Crippen MR) is 76.4 cm³/mol. The smallest absolute Gasteiger partial charge is 0.120 e. The van der Waals surface area contributed by atoms with Crippen molar-refractivity contribution in [3.63, 3.8) is 0 Å². The van der Waals surface area contributed by atoms with Crippen molar-refractivity contribution in [1.82, 2.24) is 5.32 Å². The molecule has 2 rings (SSSR count). The summed E-state index contributed by atoms with van der Waals surface area (Å²) in [6, 6.07) is 6.36. The molecule has 1 N–H and O–H groups in total. The van der Waals surface area contributed by atoms with Crippen LogP contribution >= 0.6 is 11.6 Å². The van der Waals surface area contributed by atoms with Gasteiger partial charge in [0, 0.05) is 11.1 Å². The molecule has 1 atom stereocenters. The molecule has 1 unspecified atom stereocenters. The Morgan fingerprint density at radius 1 is 1.28 bits per heavy atom. The monoisotopic (exact) mass is 267 g/mol. The molecule has 18 heavy (non-hydrogen) atoms. The minimum absolute atomic E-state index is 0.365. The van der Waals surface area contributed by atoms with Crippen molar-refractivity contribution in [2.24, 2.45) is 5.92 Å². The van der Waals surface area contributed by atoms with E-state index in [-0.39, 0.29) is 0 Å². The molecule has 0 amide bonds. The maximum absolute atomic E-state index is 6.38. The van der Waals surface area contributed by atoms with Crippen LogP contribution < -0.4 is 10.1 Å². The molecule has 2 nitrogen and oxygen atoms in total. The molecule has 100 valence electrons. The van der Waals surface area contributed by atoms with Gasteiger partial charge in [0.2, 0.25) is 0 Å². The van der Waals surface area contributed by atoms with E-state index in [4.69, 9.17) is 16.3 Å². The second kappa shape index (κ2) is 6.44. The fourth-order valence-electron chi connectivity index (χ4n) is 3.00. The van der Waals surface area contributed by atoms with Crippen LogP contribution in [0.5, 0.6) is 5.75 Å². The third-order valence-electron chi connectivity index (χ3n) is 3.97. The Morgan fingerprint density at radius 2 is 2.00 bits per heavy atom. The first-order chi connectivity index (χ1) is 8.76. The zero-order valence-electron chi connectivity index (χ0n) is 11.2. The number of ether oxygens (including phenoxy) is 1. The molecule has 0 bridgehead atoms. The average molecular weight is 268 g/mol. The zero-order valence-corrected chi connectivity index (χ0v) is 12.0. The first-order valence-corrected chi connectivity index (χ1v) is 7.14. The van der Waals surface area contributed by atoms with Crippen molar-refractivity contribution in [2.75, 3.05) is 14.2 Å². The highest BCUT2D eigenvalue weighted by molar-refractivity contribution is 6.31. The molecule has 1 aromatic rings. The van der Waals surface area contributed by atoms with Crippen LogP contribution in [-0.4, -0.2) is 14.2 Å². The molecule has 0 heterocycles. The van der Waals surface area contributed by atoms with Gasteiger partial charge in [-0.15, -0.1) is 0 Å². The van der Waals surface area contributed by atoms with Crippen LogP contribution in [0.1, 0.15) is 43.7 Å². The topological polar surface area (TPSA) is 21.3 Å². The Balaban J connectivity index is 2.20. The third kappa shape index (κ3) is 2.99. The third-order valence-corrected chi connectivity index (χ3v) is 4.30. The molecule has 0 radical (unpaired) electrons. The maximum Gasteiger partial charge on any atom is 0.120 e. The summed E-state index contributed by atoms with van der Waals surface area (Å²) < 4.78 is 5.20. The highest BCUT2D eigenvalue weighted by atomic mass is 35.5. The van der Waals surface area contributed by atoms with Gasteiger partial charge in [-0.25, -0.2) is 0 Å². The summed E-state index contributed by atoms with van der Waals surface area (Å²) in [5, 5.41) is 4.25. The molecular weight excluding hydrogens is 246 g/mol. The van der Waals surface area contributed by atoms with Crippen LogP contribution in [0, 0.1) is 5.92 Å². The number of hydrogen-bond donors (Lipinski definition) is 1. The van der Waals surface area contributed by atoms with E-state index in [2.05, 4.69) is 11.4 Å². The van der Waals surface area contributed by atoms with E-state index in [0.717, 1.165) is 10.8 Å². The van der Waals surface area contributed by atoms with Crippen molar-refractivity contribution in [2.45, 2.75) is 38.1 Å². The van der Waals surface area contributed by atoms with Gasteiger partial charge in [-0.2, -0.15) is 0 Å². The largest absolute Gasteiger partial charge is 0.497 e. The predicted octanol–water partition coefficient (Wildman–Crippen LogP) is 4.19. The lowest BCUT2D eigenvalue weighted by molar-refractivity contribution is 0.281. The summed E-state index contributed by atoms with van der Waals surface area (Å²) in [7, 11) is 3.70. The number of benzene rings is 1. The summed E-state index contributed by atoms with van der Waals surface area (Å²) in [5.74, 6) is 1.52. The second-order valence-corrected chi connectivity index (χ2v) is 5.46. The van der Waals surface area contributed by atoms with Gasteiger partial charge in [0.25, 0.3) is 0 Å². The molecule has 0 spiro atoms. The van der Waals surface area contributed by atoms with Gasteiger partial charge in [-0.05, 0) is 43.5 Å². The van der Waals surface area contributed by atoms with E-state index in [1.807, 2.05) is 19.2 Å². The number of methoxy groups -OCH3 is 1. The SMILES string of the molecule is CNC(c1ccc(OC)cc1Cl)C1CCCCC1. The number of rotatable bonds is 4. The van der Waals surface area contributed by atoms with E-state index >= 15 is 0 Å². The minimum Gasteiger partial charge on any atom is -0.497 e. The molecule has 3 heteroatoms. The summed E-state index contributed by atoms with van der Waals surface area (Å²) >= 11 is 6.38. The molecule has 0 aliphatic heterocycles. The first-order valence-electron chi connectivity index (χ1n) is 6.77. The van der Waals surface area contributed by atoms with Crippen LogP contribution in [0.15, 0.2) is 18.2 Å². The first kappa shape index (κ1) is 13.7. The summed E-state index contributed by atoms with van der Waals surface area (Å²) in [4.78, 5) is 0. The normalized spacial score (nSPS) is 18.6. The van der Waals surface area contributed by atoms with E-state index in [0.29, 0.717) is 12.0 Å². The minimum atomic E-state index is 0.365. The quantitative estimate of drug-likeness (QED) is 0.883. The fourth-order valence-corrected chi connectivity index (χ4v) is 3.29. The van der Waals surface area contributed by atoms with E-state index in [9.17, 15) is 0 Å². The van der Waals surface area contributed by atoms with E-state index in [1.165, 1.54) is 37.7 Å². The van der Waals surface area contributed by atoms with Crippen LogP contribution in [0.25, 0.3) is 0 Å². The Hall–Kier alpha value is -0.730. The van der Waals surface area contributed by atoms with Crippen molar-refractivity contribution in [3.8, 4) is 5.75 Å². The maximum atomic E-state index is 6.38. The fraction of sp³-hybridized carbons (Fsp3) is 0.600. The molecular formula is C15H22ClNO. The Bertz CT molecular complexity index is 388. The molecule has 1 saturated carbocycles. The standard InChI is InChI=1S/C15H22ClNO/c1-17-15(11-6-4-3-5-7-11)13-9-8-12(18-2)10-14(13)16/h8-11,15,17H,3-7H2,1-2H3. The van der Waals surface area contributed by atoms with Crippen LogP contribution in [-0.2, 0) is 0 Å². The Labute approximate surface area is 115 Å². The van der Waals surface area contributed by atoms with Gasteiger partial charge in [0.1, 0.15) is 5.75 Å². The number of halogens is 1. The summed E-state index contributed by atoms with van der Waals surface area (Å²) in [6.45, 7) is 0. The highest BCUT2D eigenvalue weighted by Crippen LogP contribution is 2.37. The van der Waals surface area contributed by atoms with Gasteiger partial charge in [-0.3, -0.25) is 0 Å². The number of nitrogens with one attached hydrogen (secondary N) is 1. The molecule has 0 saturated heterocycles. The lowest BCUT2D eigenvalue weighted by atomic mass is 9.81. The van der Waals surface area contributed by atoms with Crippen molar-refractivity contribution < 1.29 is 4.74 Å². The average Bonchev–Trinajstić information content (AvgIpc) is 2.42. The lowest BCUT2D eigenvalue weighted by Crippen LogP contribution is -2.27. The van der Waals surface area contributed by atoms with Gasteiger partial charge >= 0.3 is 0 Å². The van der Waals surface area contributed by atoms with Crippen molar-refractivity contribution in [3.05, 3.63) is 28.8 Å². The molecule has 0 aromatic heterocycles. The summed E-state index contributed by atoms with van der Waals surface area (Å²) in [6.07, 6.45) is 6.66. The van der Waals surface area contributed by atoms with Crippen LogP contribution in [0.3, 0.4) is 0 Å². The van der Waals surface area contributed by atoms with Gasteiger partial charge < -0.3 is 10.1 Å². The molecule has 1 aliphatic carbocycles. The van der Waals surface area contributed by atoms with Gasteiger partial charge in [-0.1, -0.05) is 36.9 Å².